The molecular formula is C13H19N3O. The van der Waals surface area contributed by atoms with Crippen molar-refractivity contribution in [1.82, 2.24) is 4.90 Å². The van der Waals surface area contributed by atoms with E-state index >= 15 is 0 Å². The lowest BCUT2D eigenvalue weighted by atomic mass is 10.1. The average molecular weight is 233 g/mol. The summed E-state index contributed by atoms with van der Waals surface area (Å²) >= 11 is 0. The summed E-state index contributed by atoms with van der Waals surface area (Å²) in [5.74, 6) is 0. The first-order valence-corrected chi connectivity index (χ1v) is 6.12. The summed E-state index contributed by atoms with van der Waals surface area (Å²) in [5.41, 5.74) is 7.08. The number of hydrogen-bond donors (Lipinski definition) is 2. The molecule has 0 atom stereocenters. The number of primary amides is 1. The van der Waals surface area contributed by atoms with Crippen LogP contribution in [0, 0.1) is 0 Å². The van der Waals surface area contributed by atoms with Crippen molar-refractivity contribution in [2.45, 2.75) is 25.8 Å². The van der Waals surface area contributed by atoms with E-state index in [0.717, 1.165) is 12.2 Å². The second-order valence-electron chi connectivity index (χ2n) is 4.52. The van der Waals surface area contributed by atoms with Crippen LogP contribution in [0.5, 0.6) is 0 Å². The predicted octanol–water partition coefficient (Wildman–Crippen LogP) is 2.16. The molecule has 1 aromatic carbocycles. The molecule has 1 aromatic rings. The van der Waals surface area contributed by atoms with Crippen molar-refractivity contribution in [2.75, 3.05) is 18.4 Å². The Kier molecular flexibility index (Phi) is 3.98. The molecule has 0 radical (unpaired) electrons. The van der Waals surface area contributed by atoms with Gasteiger partial charge in [0, 0.05) is 12.2 Å². The molecule has 2 amide bonds. The van der Waals surface area contributed by atoms with Crippen LogP contribution in [-0.4, -0.2) is 24.0 Å². The van der Waals surface area contributed by atoms with Crippen LogP contribution in [0.2, 0.25) is 0 Å². The highest BCUT2D eigenvalue weighted by molar-refractivity contribution is 5.87. The first-order valence-electron chi connectivity index (χ1n) is 6.12. The molecular weight excluding hydrogens is 214 g/mol. The molecule has 4 nitrogen and oxygen atoms in total. The van der Waals surface area contributed by atoms with E-state index in [1.54, 1.807) is 0 Å². The summed E-state index contributed by atoms with van der Waals surface area (Å²) in [6.45, 7) is 3.39. The molecule has 1 fully saturated rings. The first kappa shape index (κ1) is 11.9. The van der Waals surface area contributed by atoms with Gasteiger partial charge >= 0.3 is 6.03 Å². The summed E-state index contributed by atoms with van der Waals surface area (Å²) in [6.07, 6.45) is 3.97. The third-order valence-corrected chi connectivity index (χ3v) is 3.08. The van der Waals surface area contributed by atoms with Crippen molar-refractivity contribution in [2.24, 2.45) is 5.73 Å². The number of nitrogens with zero attached hydrogens (tertiary/aromatic N) is 1. The van der Waals surface area contributed by atoms with E-state index in [1.807, 2.05) is 24.3 Å². The predicted molar refractivity (Wildman–Crippen MR) is 68.8 cm³/mol. The van der Waals surface area contributed by atoms with E-state index < -0.39 is 6.03 Å². The van der Waals surface area contributed by atoms with Gasteiger partial charge in [-0.3, -0.25) is 4.90 Å². The molecule has 0 aliphatic carbocycles. The normalized spacial score (nSPS) is 16.7. The molecule has 1 saturated heterocycles. The Morgan fingerprint density at radius 1 is 1.18 bits per heavy atom. The topological polar surface area (TPSA) is 58.4 Å². The van der Waals surface area contributed by atoms with Crippen molar-refractivity contribution in [3.8, 4) is 0 Å². The van der Waals surface area contributed by atoms with Crippen molar-refractivity contribution in [1.29, 1.82) is 0 Å². The Morgan fingerprint density at radius 2 is 1.82 bits per heavy atom. The Balaban J connectivity index is 1.90. The molecule has 4 heteroatoms. The maximum atomic E-state index is 10.7. The third-order valence-electron chi connectivity index (χ3n) is 3.08. The first-order chi connectivity index (χ1) is 8.24. The largest absolute Gasteiger partial charge is 0.351 e. The van der Waals surface area contributed by atoms with Crippen molar-refractivity contribution < 1.29 is 4.79 Å². The zero-order valence-corrected chi connectivity index (χ0v) is 9.98. The summed E-state index contributed by atoms with van der Waals surface area (Å²) < 4.78 is 0. The number of likely N-dealkylation sites (tertiary alicyclic amines) is 1. The van der Waals surface area contributed by atoms with Crippen LogP contribution < -0.4 is 11.1 Å². The monoisotopic (exact) mass is 233 g/mol. The summed E-state index contributed by atoms with van der Waals surface area (Å²) in [7, 11) is 0. The van der Waals surface area contributed by atoms with Crippen LogP contribution in [-0.2, 0) is 6.54 Å². The van der Waals surface area contributed by atoms with Gasteiger partial charge in [0.05, 0.1) is 0 Å². The van der Waals surface area contributed by atoms with Gasteiger partial charge in [-0.1, -0.05) is 18.6 Å². The number of amides is 2. The van der Waals surface area contributed by atoms with Crippen LogP contribution in [0.3, 0.4) is 0 Å². The van der Waals surface area contributed by atoms with Gasteiger partial charge < -0.3 is 11.1 Å². The lowest BCUT2D eigenvalue weighted by Crippen LogP contribution is -2.29. The van der Waals surface area contributed by atoms with E-state index in [1.165, 1.54) is 37.9 Å². The maximum absolute atomic E-state index is 10.7. The van der Waals surface area contributed by atoms with Crippen LogP contribution in [0.15, 0.2) is 24.3 Å². The lowest BCUT2D eigenvalue weighted by Gasteiger charge is -2.26. The van der Waals surface area contributed by atoms with Crippen LogP contribution in [0.25, 0.3) is 0 Å². The fourth-order valence-electron chi connectivity index (χ4n) is 2.21. The van der Waals surface area contributed by atoms with E-state index in [9.17, 15) is 4.79 Å². The van der Waals surface area contributed by atoms with Crippen molar-refractivity contribution in [3.05, 3.63) is 29.8 Å². The molecule has 1 heterocycles. The Hall–Kier alpha value is -1.55. The van der Waals surface area contributed by atoms with E-state index in [2.05, 4.69) is 10.2 Å². The summed E-state index contributed by atoms with van der Waals surface area (Å²) in [5, 5.41) is 2.56. The second-order valence-corrected chi connectivity index (χ2v) is 4.52. The van der Waals surface area contributed by atoms with Gasteiger partial charge in [0.2, 0.25) is 0 Å². The van der Waals surface area contributed by atoms with Gasteiger partial charge in [-0.05, 0) is 43.6 Å². The molecule has 0 unspecified atom stereocenters. The van der Waals surface area contributed by atoms with Gasteiger partial charge in [-0.25, -0.2) is 4.79 Å². The minimum Gasteiger partial charge on any atom is -0.351 e. The van der Waals surface area contributed by atoms with Gasteiger partial charge in [0.1, 0.15) is 0 Å². The highest BCUT2D eigenvalue weighted by Gasteiger charge is 2.10. The van der Waals surface area contributed by atoms with Gasteiger partial charge in [-0.15, -0.1) is 0 Å². The number of hydrogen-bond acceptors (Lipinski definition) is 2. The minimum absolute atomic E-state index is 0.520. The van der Waals surface area contributed by atoms with Crippen LogP contribution >= 0.6 is 0 Å². The molecule has 1 aliphatic rings. The quantitative estimate of drug-likeness (QED) is 0.840. The Bertz CT molecular complexity index is 369. The molecule has 1 aliphatic heterocycles. The molecule has 92 valence electrons. The molecule has 0 spiro atoms. The van der Waals surface area contributed by atoms with E-state index in [-0.39, 0.29) is 0 Å². The second kappa shape index (κ2) is 5.68. The number of carbonyl (C=O) groups excluding carboxylic acids is 1. The van der Waals surface area contributed by atoms with E-state index in [4.69, 9.17) is 5.73 Å². The molecule has 3 N–H and O–H groups in total. The highest BCUT2D eigenvalue weighted by Crippen LogP contribution is 2.15. The number of anilines is 1. The average Bonchev–Trinajstić information content (AvgIpc) is 2.32. The molecule has 0 aromatic heterocycles. The number of benzene rings is 1. The molecule has 17 heavy (non-hydrogen) atoms. The van der Waals surface area contributed by atoms with Gasteiger partial charge in [0.25, 0.3) is 0 Å². The smallest absolute Gasteiger partial charge is 0.316 e. The SMILES string of the molecule is NC(=O)Nc1ccc(CN2CCCCC2)cc1. The number of nitrogens with one attached hydrogen (secondary N) is 1. The Morgan fingerprint density at radius 3 is 2.41 bits per heavy atom. The number of nitrogens with two attached hydrogens (primary N) is 1. The maximum Gasteiger partial charge on any atom is 0.316 e. The Labute approximate surface area is 102 Å². The summed E-state index contributed by atoms with van der Waals surface area (Å²) in [6, 6.07) is 7.35. The molecule has 0 bridgehead atoms. The fourth-order valence-corrected chi connectivity index (χ4v) is 2.21. The van der Waals surface area contributed by atoms with Crippen LogP contribution in [0.1, 0.15) is 24.8 Å². The standard InChI is InChI=1S/C13H19N3O/c14-13(17)15-12-6-4-11(5-7-12)10-16-8-2-1-3-9-16/h4-7H,1-3,8-10H2,(H3,14,15,17). The lowest BCUT2D eigenvalue weighted by molar-refractivity contribution is 0.221. The number of carbonyl (C=O) groups is 1. The summed E-state index contributed by atoms with van der Waals surface area (Å²) in [4.78, 5) is 13.1. The zero-order chi connectivity index (χ0) is 12.1. The molecule has 2 rings (SSSR count). The number of piperidine rings is 1. The fraction of sp³-hybridized carbons (Fsp3) is 0.462. The third kappa shape index (κ3) is 3.75. The highest BCUT2D eigenvalue weighted by atomic mass is 16.2. The zero-order valence-electron chi connectivity index (χ0n) is 9.98. The number of rotatable bonds is 3. The van der Waals surface area contributed by atoms with Crippen LogP contribution in [0.4, 0.5) is 10.5 Å². The van der Waals surface area contributed by atoms with Crippen molar-refractivity contribution in [3.63, 3.8) is 0 Å². The number of urea groups is 1. The van der Waals surface area contributed by atoms with E-state index in [0.29, 0.717) is 0 Å². The van der Waals surface area contributed by atoms with Gasteiger partial charge in [0.15, 0.2) is 0 Å². The van der Waals surface area contributed by atoms with Gasteiger partial charge in [-0.2, -0.15) is 0 Å². The molecule has 0 saturated carbocycles. The minimum atomic E-state index is -0.520. The van der Waals surface area contributed by atoms with Crippen molar-refractivity contribution >= 4 is 11.7 Å².